The van der Waals surface area contributed by atoms with Crippen molar-refractivity contribution >= 4 is 34.8 Å². The standard InChI is InChI=1S/C16H16Cl2N4O2/c1-22-9-10(8-20-22)4-5-19-16(23)15-7-14(21-24-15)12-3-2-11(17)6-13(12)18/h2-3,6,8-9,15H,4-5,7H2,1H3,(H,19,23)/t15-/m0/s1. The third kappa shape index (κ3) is 3.88. The Bertz CT molecular complexity index is 788. The van der Waals surface area contributed by atoms with Gasteiger partial charge in [-0.15, -0.1) is 0 Å². The van der Waals surface area contributed by atoms with Crippen LogP contribution in [0.25, 0.3) is 0 Å². The van der Waals surface area contributed by atoms with E-state index in [1.807, 2.05) is 13.2 Å². The lowest BCUT2D eigenvalue weighted by Crippen LogP contribution is -2.36. The van der Waals surface area contributed by atoms with E-state index < -0.39 is 6.10 Å². The number of carbonyl (C=O) groups is 1. The van der Waals surface area contributed by atoms with Crippen molar-refractivity contribution in [3.05, 3.63) is 51.8 Å². The number of hydrogen-bond donors (Lipinski definition) is 1. The first kappa shape index (κ1) is 16.8. The Morgan fingerprint density at radius 3 is 3.00 bits per heavy atom. The van der Waals surface area contributed by atoms with Gasteiger partial charge in [0.05, 0.1) is 16.9 Å². The van der Waals surface area contributed by atoms with Gasteiger partial charge in [0.15, 0.2) is 0 Å². The lowest BCUT2D eigenvalue weighted by molar-refractivity contribution is -0.131. The van der Waals surface area contributed by atoms with E-state index in [9.17, 15) is 4.79 Å². The maximum Gasteiger partial charge on any atom is 0.264 e. The lowest BCUT2D eigenvalue weighted by atomic mass is 10.0. The number of hydrogen-bond acceptors (Lipinski definition) is 4. The molecule has 1 aromatic heterocycles. The van der Waals surface area contributed by atoms with Crippen LogP contribution >= 0.6 is 23.2 Å². The third-order valence-electron chi connectivity index (χ3n) is 3.67. The van der Waals surface area contributed by atoms with E-state index >= 15 is 0 Å². The van der Waals surface area contributed by atoms with Crippen LogP contribution in [-0.4, -0.2) is 34.0 Å². The number of amides is 1. The number of carbonyl (C=O) groups excluding carboxylic acids is 1. The van der Waals surface area contributed by atoms with E-state index in [-0.39, 0.29) is 5.91 Å². The van der Waals surface area contributed by atoms with Crippen LogP contribution in [0.5, 0.6) is 0 Å². The van der Waals surface area contributed by atoms with Gasteiger partial charge in [-0.3, -0.25) is 9.48 Å². The highest BCUT2D eigenvalue weighted by Crippen LogP contribution is 2.26. The van der Waals surface area contributed by atoms with Crippen molar-refractivity contribution in [3.8, 4) is 0 Å². The highest BCUT2D eigenvalue weighted by Gasteiger charge is 2.29. The Balaban J connectivity index is 1.51. The van der Waals surface area contributed by atoms with E-state index in [2.05, 4.69) is 15.6 Å². The monoisotopic (exact) mass is 366 g/mol. The molecule has 1 aromatic carbocycles. The van der Waals surface area contributed by atoms with Crippen LogP contribution in [0.4, 0.5) is 0 Å². The van der Waals surface area contributed by atoms with Crippen molar-refractivity contribution in [2.24, 2.45) is 12.2 Å². The first-order chi connectivity index (χ1) is 11.5. The third-order valence-corrected chi connectivity index (χ3v) is 4.22. The van der Waals surface area contributed by atoms with Crippen molar-refractivity contribution in [2.45, 2.75) is 18.9 Å². The number of oxime groups is 1. The Kier molecular flexibility index (Phi) is 5.06. The van der Waals surface area contributed by atoms with Crippen LogP contribution in [0.15, 0.2) is 35.7 Å². The zero-order valence-electron chi connectivity index (χ0n) is 13.0. The second-order valence-electron chi connectivity index (χ2n) is 5.52. The summed E-state index contributed by atoms with van der Waals surface area (Å²) in [7, 11) is 1.86. The minimum absolute atomic E-state index is 0.192. The minimum Gasteiger partial charge on any atom is -0.382 e. The summed E-state index contributed by atoms with van der Waals surface area (Å²) in [5, 5.41) is 12.0. The van der Waals surface area contributed by atoms with Crippen LogP contribution in [-0.2, 0) is 23.1 Å². The second kappa shape index (κ2) is 7.23. The van der Waals surface area contributed by atoms with Gasteiger partial charge < -0.3 is 10.2 Å². The van der Waals surface area contributed by atoms with Crippen molar-refractivity contribution in [1.29, 1.82) is 0 Å². The van der Waals surface area contributed by atoms with Gasteiger partial charge in [-0.05, 0) is 24.1 Å². The van der Waals surface area contributed by atoms with Crippen molar-refractivity contribution < 1.29 is 9.63 Å². The summed E-state index contributed by atoms with van der Waals surface area (Å²) in [6, 6.07) is 5.14. The number of rotatable bonds is 5. The van der Waals surface area contributed by atoms with Gasteiger partial charge in [0, 0.05) is 36.8 Å². The largest absolute Gasteiger partial charge is 0.382 e. The van der Waals surface area contributed by atoms with Crippen molar-refractivity contribution in [1.82, 2.24) is 15.1 Å². The number of nitrogens with one attached hydrogen (secondary N) is 1. The fourth-order valence-corrected chi connectivity index (χ4v) is 2.96. The molecule has 0 radical (unpaired) electrons. The van der Waals surface area contributed by atoms with Crippen LogP contribution < -0.4 is 5.32 Å². The first-order valence-corrected chi connectivity index (χ1v) is 8.22. The summed E-state index contributed by atoms with van der Waals surface area (Å²) >= 11 is 12.0. The highest BCUT2D eigenvalue weighted by molar-refractivity contribution is 6.37. The molecule has 1 aliphatic rings. The molecule has 1 amide bonds. The number of benzene rings is 1. The summed E-state index contributed by atoms with van der Waals surface area (Å²) < 4.78 is 1.73. The van der Waals surface area contributed by atoms with Gasteiger partial charge in [0.2, 0.25) is 6.10 Å². The van der Waals surface area contributed by atoms with Gasteiger partial charge in [0.25, 0.3) is 5.91 Å². The molecule has 1 aliphatic heterocycles. The molecule has 0 fully saturated rings. The van der Waals surface area contributed by atoms with E-state index in [1.54, 1.807) is 29.1 Å². The van der Waals surface area contributed by atoms with Gasteiger partial charge in [-0.1, -0.05) is 34.4 Å². The predicted molar refractivity (Wildman–Crippen MR) is 92.4 cm³/mol. The smallest absolute Gasteiger partial charge is 0.264 e. The Morgan fingerprint density at radius 1 is 1.46 bits per heavy atom. The van der Waals surface area contributed by atoms with Crippen molar-refractivity contribution in [2.75, 3.05) is 6.54 Å². The van der Waals surface area contributed by atoms with Gasteiger partial charge >= 0.3 is 0 Å². The van der Waals surface area contributed by atoms with E-state index in [0.29, 0.717) is 35.1 Å². The summed E-state index contributed by atoms with van der Waals surface area (Å²) in [4.78, 5) is 17.4. The van der Waals surface area contributed by atoms with Crippen LogP contribution in [0.3, 0.4) is 0 Å². The summed E-state index contributed by atoms with van der Waals surface area (Å²) in [6.45, 7) is 0.515. The number of aryl methyl sites for hydroxylation is 1. The molecule has 2 aromatic rings. The van der Waals surface area contributed by atoms with Gasteiger partial charge in [0.1, 0.15) is 0 Å². The molecule has 24 heavy (non-hydrogen) atoms. The normalized spacial score (nSPS) is 16.6. The lowest BCUT2D eigenvalue weighted by Gasteiger charge is -2.09. The number of aromatic nitrogens is 2. The Labute approximate surface area is 149 Å². The molecule has 0 aliphatic carbocycles. The van der Waals surface area contributed by atoms with Crippen LogP contribution in [0.1, 0.15) is 17.5 Å². The zero-order chi connectivity index (χ0) is 17.1. The molecule has 0 spiro atoms. The fourth-order valence-electron chi connectivity index (χ4n) is 2.45. The predicted octanol–water partition coefficient (Wildman–Crippen LogP) is 2.58. The summed E-state index contributed by atoms with van der Waals surface area (Å²) in [5.74, 6) is -0.192. The molecule has 0 bridgehead atoms. The van der Waals surface area contributed by atoms with Crippen LogP contribution in [0.2, 0.25) is 10.0 Å². The number of halogens is 2. The van der Waals surface area contributed by atoms with E-state index in [0.717, 1.165) is 11.1 Å². The SMILES string of the molecule is Cn1cc(CCNC(=O)[C@@H]2CC(c3ccc(Cl)cc3Cl)=NO2)cn1. The number of nitrogens with zero attached hydrogens (tertiary/aromatic N) is 3. The summed E-state index contributed by atoms with van der Waals surface area (Å²) in [5.41, 5.74) is 2.44. The second-order valence-corrected chi connectivity index (χ2v) is 6.37. The molecule has 1 atom stereocenters. The molecule has 1 N–H and O–H groups in total. The molecule has 0 saturated heterocycles. The molecule has 0 saturated carbocycles. The van der Waals surface area contributed by atoms with Crippen LogP contribution in [0, 0.1) is 0 Å². The van der Waals surface area contributed by atoms with Gasteiger partial charge in [-0.2, -0.15) is 5.10 Å². The maximum absolute atomic E-state index is 12.2. The van der Waals surface area contributed by atoms with E-state index in [4.69, 9.17) is 28.0 Å². The molecular weight excluding hydrogens is 351 g/mol. The fraction of sp³-hybridized carbons (Fsp3) is 0.312. The zero-order valence-corrected chi connectivity index (χ0v) is 14.5. The molecular formula is C16H16Cl2N4O2. The average molecular weight is 367 g/mol. The Hall–Kier alpha value is -2.05. The minimum atomic E-state index is -0.638. The summed E-state index contributed by atoms with van der Waals surface area (Å²) in [6.07, 6.45) is 4.15. The molecule has 6 nitrogen and oxygen atoms in total. The highest BCUT2D eigenvalue weighted by atomic mass is 35.5. The average Bonchev–Trinajstić information content (AvgIpc) is 3.16. The molecule has 8 heteroatoms. The van der Waals surface area contributed by atoms with E-state index in [1.165, 1.54) is 0 Å². The Morgan fingerprint density at radius 2 is 2.29 bits per heavy atom. The van der Waals surface area contributed by atoms with Gasteiger partial charge in [-0.25, -0.2) is 0 Å². The van der Waals surface area contributed by atoms with Crippen molar-refractivity contribution in [3.63, 3.8) is 0 Å². The molecule has 2 heterocycles. The maximum atomic E-state index is 12.2. The molecule has 126 valence electrons. The topological polar surface area (TPSA) is 68.5 Å². The quantitative estimate of drug-likeness (QED) is 0.883. The first-order valence-electron chi connectivity index (χ1n) is 7.46. The molecule has 3 rings (SSSR count). The molecule has 0 unspecified atom stereocenters.